The highest BCUT2D eigenvalue weighted by molar-refractivity contribution is 9.10. The Kier molecular flexibility index (Phi) is 4.61. The first-order valence-corrected chi connectivity index (χ1v) is 7.46. The zero-order chi connectivity index (χ0) is 13.8. The van der Waals surface area contributed by atoms with Crippen LogP contribution in [0.15, 0.2) is 46.9 Å². The van der Waals surface area contributed by atoms with Crippen molar-refractivity contribution in [1.82, 2.24) is 0 Å². The Bertz CT molecular complexity index is 614. The molecule has 0 fully saturated rings. The van der Waals surface area contributed by atoms with Crippen molar-refractivity contribution in [3.63, 3.8) is 0 Å². The number of phenols is 1. The molecule has 2 aromatic carbocycles. The predicted octanol–water partition coefficient (Wildman–Crippen LogP) is 4.30. The van der Waals surface area contributed by atoms with Crippen molar-refractivity contribution in [2.45, 2.75) is 5.33 Å². The third-order valence-corrected chi connectivity index (χ3v) is 3.68. The first-order valence-electron chi connectivity index (χ1n) is 5.55. The van der Waals surface area contributed by atoms with Gasteiger partial charge in [-0.05, 0) is 35.9 Å². The predicted molar refractivity (Wildman–Crippen MR) is 82.8 cm³/mol. The zero-order valence-corrected chi connectivity index (χ0v) is 13.0. The van der Waals surface area contributed by atoms with Crippen molar-refractivity contribution in [3.05, 3.63) is 58.1 Å². The summed E-state index contributed by atoms with van der Waals surface area (Å²) in [4.78, 5) is 12.0. The van der Waals surface area contributed by atoms with E-state index in [0.717, 1.165) is 15.4 Å². The van der Waals surface area contributed by atoms with E-state index in [1.165, 1.54) is 6.07 Å². The van der Waals surface area contributed by atoms with Crippen molar-refractivity contribution in [3.8, 4) is 5.75 Å². The molecule has 2 aromatic rings. The molecule has 2 rings (SSSR count). The second-order valence-electron chi connectivity index (χ2n) is 3.95. The fourth-order valence-electron chi connectivity index (χ4n) is 1.63. The molecule has 0 atom stereocenters. The lowest BCUT2D eigenvalue weighted by Gasteiger charge is -2.08. The van der Waals surface area contributed by atoms with Crippen molar-refractivity contribution in [1.29, 1.82) is 0 Å². The molecular formula is C14H11Br2NO2. The molecule has 0 aliphatic rings. The van der Waals surface area contributed by atoms with Gasteiger partial charge < -0.3 is 10.4 Å². The number of halogens is 2. The lowest BCUT2D eigenvalue weighted by molar-refractivity contribution is 0.102. The van der Waals surface area contributed by atoms with E-state index in [-0.39, 0.29) is 17.2 Å². The monoisotopic (exact) mass is 383 g/mol. The molecule has 0 aliphatic carbocycles. The van der Waals surface area contributed by atoms with Crippen LogP contribution in [0.25, 0.3) is 0 Å². The van der Waals surface area contributed by atoms with Gasteiger partial charge in [0.2, 0.25) is 0 Å². The number of rotatable bonds is 3. The summed E-state index contributed by atoms with van der Waals surface area (Å²) < 4.78 is 0.725. The minimum absolute atomic E-state index is 0.0523. The molecule has 0 radical (unpaired) electrons. The van der Waals surface area contributed by atoms with Crippen LogP contribution in [0.3, 0.4) is 0 Å². The molecule has 0 spiro atoms. The van der Waals surface area contributed by atoms with Crippen molar-refractivity contribution in [2.24, 2.45) is 0 Å². The summed E-state index contributed by atoms with van der Waals surface area (Å²) in [5, 5.41) is 13.2. The van der Waals surface area contributed by atoms with Gasteiger partial charge in [0.25, 0.3) is 5.91 Å². The molecule has 0 unspecified atom stereocenters. The Balaban J connectivity index is 2.20. The molecule has 2 N–H and O–H groups in total. The maximum atomic E-state index is 12.0. The second-order valence-corrected chi connectivity index (χ2v) is 5.43. The van der Waals surface area contributed by atoms with Crippen LogP contribution in [-0.4, -0.2) is 11.0 Å². The molecule has 19 heavy (non-hydrogen) atoms. The Morgan fingerprint density at radius 2 is 2.00 bits per heavy atom. The van der Waals surface area contributed by atoms with Gasteiger partial charge >= 0.3 is 0 Å². The molecule has 0 aliphatic heterocycles. The van der Waals surface area contributed by atoms with E-state index in [1.807, 2.05) is 18.2 Å². The molecule has 3 nitrogen and oxygen atoms in total. The maximum Gasteiger partial charge on any atom is 0.259 e. The summed E-state index contributed by atoms with van der Waals surface area (Å²) in [6.07, 6.45) is 0. The van der Waals surface area contributed by atoms with Gasteiger partial charge in [0.1, 0.15) is 5.75 Å². The molecule has 0 saturated carbocycles. The van der Waals surface area contributed by atoms with E-state index in [4.69, 9.17) is 0 Å². The minimum Gasteiger partial charge on any atom is -0.507 e. The topological polar surface area (TPSA) is 49.3 Å². The number of carbonyl (C=O) groups excluding carboxylic acids is 1. The number of benzene rings is 2. The number of nitrogens with one attached hydrogen (secondary N) is 1. The van der Waals surface area contributed by atoms with Crippen molar-refractivity contribution >= 4 is 43.5 Å². The summed E-state index contributed by atoms with van der Waals surface area (Å²) in [5.74, 6) is -0.389. The number of phenolic OH excluding ortho intramolecular Hbond substituents is 1. The van der Waals surface area contributed by atoms with Gasteiger partial charge in [-0.25, -0.2) is 0 Å². The van der Waals surface area contributed by atoms with Gasteiger partial charge in [0.05, 0.1) is 5.56 Å². The first-order chi connectivity index (χ1) is 9.10. The van der Waals surface area contributed by atoms with E-state index >= 15 is 0 Å². The highest BCUT2D eigenvalue weighted by Crippen LogP contribution is 2.23. The van der Waals surface area contributed by atoms with Gasteiger partial charge in [-0.15, -0.1) is 0 Å². The largest absolute Gasteiger partial charge is 0.507 e. The Morgan fingerprint density at radius 3 is 2.68 bits per heavy atom. The molecule has 0 heterocycles. The summed E-state index contributed by atoms with van der Waals surface area (Å²) in [6.45, 7) is 0. The molecule has 5 heteroatoms. The average molecular weight is 385 g/mol. The average Bonchev–Trinajstić information content (AvgIpc) is 2.38. The lowest BCUT2D eigenvalue weighted by atomic mass is 10.1. The third-order valence-electron chi connectivity index (χ3n) is 2.54. The molecule has 98 valence electrons. The SMILES string of the molecule is O=C(Nc1cccc(CBr)c1)c1ccc(Br)cc1O. The lowest BCUT2D eigenvalue weighted by Crippen LogP contribution is -2.12. The van der Waals surface area contributed by atoms with Gasteiger partial charge in [0.15, 0.2) is 0 Å². The zero-order valence-electron chi connectivity index (χ0n) is 9.86. The van der Waals surface area contributed by atoms with E-state index in [9.17, 15) is 9.90 Å². The number of carbonyl (C=O) groups is 1. The summed E-state index contributed by atoms with van der Waals surface area (Å²) in [5.41, 5.74) is 2.01. The standard InChI is InChI=1S/C14H11Br2NO2/c15-8-9-2-1-3-11(6-9)17-14(19)12-5-4-10(16)7-13(12)18/h1-7,18H,8H2,(H,17,19). The highest BCUT2D eigenvalue weighted by atomic mass is 79.9. The second kappa shape index (κ2) is 6.21. The quantitative estimate of drug-likeness (QED) is 0.775. The number of hydrogen-bond donors (Lipinski definition) is 2. The molecule has 0 aromatic heterocycles. The fraction of sp³-hybridized carbons (Fsp3) is 0.0714. The van der Waals surface area contributed by atoms with Crippen molar-refractivity contribution in [2.75, 3.05) is 5.32 Å². The first kappa shape index (κ1) is 14.1. The Labute approximate surface area is 127 Å². The van der Waals surface area contributed by atoms with Crippen LogP contribution in [0.5, 0.6) is 5.75 Å². The van der Waals surface area contributed by atoms with Crippen LogP contribution >= 0.6 is 31.9 Å². The highest BCUT2D eigenvalue weighted by Gasteiger charge is 2.11. The number of alkyl halides is 1. The molecule has 1 amide bonds. The van der Waals surface area contributed by atoms with Crippen LogP contribution in [0.4, 0.5) is 5.69 Å². The molecular weight excluding hydrogens is 374 g/mol. The van der Waals surface area contributed by atoms with Gasteiger partial charge in [-0.2, -0.15) is 0 Å². The van der Waals surface area contributed by atoms with Crippen LogP contribution in [0.1, 0.15) is 15.9 Å². The van der Waals surface area contributed by atoms with Crippen LogP contribution in [-0.2, 0) is 5.33 Å². The molecule has 0 saturated heterocycles. The van der Waals surface area contributed by atoms with Gasteiger partial charge in [-0.1, -0.05) is 44.0 Å². The fourth-order valence-corrected chi connectivity index (χ4v) is 2.33. The van der Waals surface area contributed by atoms with E-state index in [0.29, 0.717) is 5.69 Å². The number of hydrogen-bond acceptors (Lipinski definition) is 2. The summed E-state index contributed by atoms with van der Waals surface area (Å²) >= 11 is 6.60. The number of amides is 1. The van der Waals surface area contributed by atoms with E-state index in [2.05, 4.69) is 37.2 Å². The van der Waals surface area contributed by atoms with E-state index < -0.39 is 0 Å². The van der Waals surface area contributed by atoms with Gasteiger partial charge in [0, 0.05) is 15.5 Å². The summed E-state index contributed by atoms with van der Waals surface area (Å²) in [6, 6.07) is 12.3. The van der Waals surface area contributed by atoms with Crippen molar-refractivity contribution < 1.29 is 9.90 Å². The Morgan fingerprint density at radius 1 is 1.21 bits per heavy atom. The number of anilines is 1. The van der Waals surface area contributed by atoms with E-state index in [1.54, 1.807) is 18.2 Å². The third kappa shape index (κ3) is 3.58. The maximum absolute atomic E-state index is 12.0. The minimum atomic E-state index is -0.336. The summed E-state index contributed by atoms with van der Waals surface area (Å²) in [7, 11) is 0. The Hall–Kier alpha value is -1.33. The molecule has 0 bridgehead atoms. The smallest absolute Gasteiger partial charge is 0.259 e. The van der Waals surface area contributed by atoms with Gasteiger partial charge in [-0.3, -0.25) is 4.79 Å². The van der Waals surface area contributed by atoms with Crippen LogP contribution < -0.4 is 5.32 Å². The van der Waals surface area contributed by atoms with Crippen LogP contribution in [0, 0.1) is 0 Å². The number of aromatic hydroxyl groups is 1. The van der Waals surface area contributed by atoms with Crippen LogP contribution in [0.2, 0.25) is 0 Å². The normalized spacial score (nSPS) is 10.2.